The van der Waals surface area contributed by atoms with Gasteiger partial charge in [0.15, 0.2) is 0 Å². The molecule has 2 aromatic heterocycles. The summed E-state index contributed by atoms with van der Waals surface area (Å²) in [7, 11) is 0. The zero-order chi connectivity index (χ0) is 20.5. The highest BCUT2D eigenvalue weighted by Crippen LogP contribution is 2.22. The van der Waals surface area contributed by atoms with E-state index in [0.29, 0.717) is 43.3 Å². The fourth-order valence-electron chi connectivity index (χ4n) is 4.62. The van der Waals surface area contributed by atoms with E-state index in [9.17, 15) is 9.59 Å². The van der Waals surface area contributed by atoms with Gasteiger partial charge in [0.2, 0.25) is 5.43 Å². The lowest BCUT2D eigenvalue weighted by atomic mass is 10.0. The first-order valence-electron chi connectivity index (χ1n) is 10.7. The Morgan fingerprint density at radius 3 is 2.83 bits per heavy atom. The number of rotatable bonds is 4. The molecule has 2 saturated heterocycles. The number of carbonyl (C=O) groups excluding carboxylic acids is 1. The van der Waals surface area contributed by atoms with Crippen LogP contribution in [0, 0.1) is 6.92 Å². The van der Waals surface area contributed by atoms with E-state index >= 15 is 0 Å². The van der Waals surface area contributed by atoms with Crippen LogP contribution in [-0.4, -0.2) is 70.2 Å². The highest BCUT2D eigenvalue weighted by Gasteiger charge is 2.37. The maximum Gasteiger partial charge on any atom is 0.259 e. The molecule has 29 heavy (non-hydrogen) atoms. The van der Waals surface area contributed by atoms with Crippen molar-refractivity contribution >= 4 is 16.9 Å². The van der Waals surface area contributed by atoms with Crippen LogP contribution >= 0.6 is 0 Å². The summed E-state index contributed by atoms with van der Waals surface area (Å²) in [4.78, 5) is 35.2. The Morgan fingerprint density at radius 2 is 2.07 bits per heavy atom. The molecule has 2 fully saturated rings. The van der Waals surface area contributed by atoms with E-state index < -0.39 is 0 Å². The van der Waals surface area contributed by atoms with Crippen LogP contribution < -0.4 is 5.43 Å². The molecule has 7 heteroatoms. The topological polar surface area (TPSA) is 67.7 Å². The molecular formula is C22H30N4O3. The van der Waals surface area contributed by atoms with Crippen LogP contribution in [0.3, 0.4) is 0 Å². The maximum absolute atomic E-state index is 13.3. The molecule has 0 radical (unpaired) electrons. The monoisotopic (exact) mass is 398 g/mol. The fourth-order valence-corrected chi connectivity index (χ4v) is 4.62. The highest BCUT2D eigenvalue weighted by molar-refractivity contribution is 5.97. The average molecular weight is 399 g/mol. The van der Waals surface area contributed by atoms with Crippen molar-refractivity contribution in [3.05, 3.63) is 39.8 Å². The third-order valence-corrected chi connectivity index (χ3v) is 6.16. The molecule has 0 unspecified atom stereocenters. The Balaban J connectivity index is 1.62. The summed E-state index contributed by atoms with van der Waals surface area (Å²) in [5.41, 5.74) is 1.50. The number of pyridine rings is 2. The second kappa shape index (κ2) is 8.24. The van der Waals surface area contributed by atoms with Crippen molar-refractivity contribution in [3.63, 3.8) is 0 Å². The summed E-state index contributed by atoms with van der Waals surface area (Å²) < 4.78 is 7.71. The summed E-state index contributed by atoms with van der Waals surface area (Å²) in [5, 5.41) is 0.506. The van der Waals surface area contributed by atoms with Gasteiger partial charge in [0, 0.05) is 44.1 Å². The number of morpholine rings is 1. The van der Waals surface area contributed by atoms with E-state index in [1.54, 1.807) is 12.3 Å². The molecule has 156 valence electrons. The minimum atomic E-state index is -0.228. The van der Waals surface area contributed by atoms with E-state index in [1.807, 2.05) is 29.4 Å². The molecule has 2 aromatic rings. The molecular weight excluding hydrogens is 368 g/mol. The number of hydrogen-bond acceptors (Lipinski definition) is 5. The lowest BCUT2D eigenvalue weighted by Crippen LogP contribution is -2.62. The molecule has 0 aliphatic carbocycles. The quantitative estimate of drug-likeness (QED) is 0.789. The van der Waals surface area contributed by atoms with Gasteiger partial charge in [-0.1, -0.05) is 13.3 Å². The summed E-state index contributed by atoms with van der Waals surface area (Å²) in [6.45, 7) is 10.2. The Labute approximate surface area is 171 Å². The van der Waals surface area contributed by atoms with Gasteiger partial charge in [-0.2, -0.15) is 0 Å². The Bertz CT molecular complexity index is 968. The maximum atomic E-state index is 13.3. The number of aryl methyl sites for hydroxylation is 2. The van der Waals surface area contributed by atoms with Crippen LogP contribution in [0.1, 0.15) is 42.7 Å². The molecule has 2 atom stereocenters. The van der Waals surface area contributed by atoms with Gasteiger partial charge >= 0.3 is 0 Å². The Hall–Kier alpha value is -2.25. The normalized spacial score (nSPS) is 22.7. The third kappa shape index (κ3) is 3.69. The summed E-state index contributed by atoms with van der Waals surface area (Å²) >= 11 is 0. The summed E-state index contributed by atoms with van der Waals surface area (Å²) in [6, 6.07) is 4.24. The number of fused-ring (bicyclic) bond motifs is 2. The van der Waals surface area contributed by atoms with Crippen molar-refractivity contribution in [2.24, 2.45) is 0 Å². The standard InChI is InChI=1S/C22H30N4O3/c1-4-6-16-13-29-14-17-11-25(9-10-26(16)17)22(28)19-12-24(5-2)21-18(20(19)27)8-7-15(3)23-21/h7-8,12,16-17H,4-6,9-11,13-14H2,1-3H3/t16-,17+/m0/s1. The fraction of sp³-hybridized carbons (Fsp3) is 0.591. The van der Waals surface area contributed by atoms with Crippen LogP contribution in [0.15, 0.2) is 23.1 Å². The Morgan fingerprint density at radius 1 is 1.24 bits per heavy atom. The SMILES string of the molecule is CCC[C@H]1COC[C@H]2CN(C(=O)c3cn(CC)c4nc(C)ccc4c3=O)CCN12. The van der Waals surface area contributed by atoms with E-state index in [-0.39, 0.29) is 22.9 Å². The van der Waals surface area contributed by atoms with Gasteiger partial charge in [-0.05, 0) is 32.4 Å². The third-order valence-electron chi connectivity index (χ3n) is 6.16. The van der Waals surface area contributed by atoms with Crippen molar-refractivity contribution in [1.29, 1.82) is 0 Å². The van der Waals surface area contributed by atoms with E-state index in [4.69, 9.17) is 4.74 Å². The van der Waals surface area contributed by atoms with Gasteiger partial charge in [0.05, 0.1) is 24.6 Å². The zero-order valence-corrected chi connectivity index (χ0v) is 17.6. The number of carbonyl (C=O) groups is 1. The van der Waals surface area contributed by atoms with Crippen LogP contribution in [0.25, 0.3) is 11.0 Å². The number of nitrogens with zero attached hydrogens (tertiary/aromatic N) is 4. The van der Waals surface area contributed by atoms with E-state index in [2.05, 4.69) is 16.8 Å². The first kappa shape index (κ1) is 20.0. The largest absolute Gasteiger partial charge is 0.378 e. The number of amides is 1. The molecule has 0 spiro atoms. The average Bonchev–Trinajstić information content (AvgIpc) is 2.73. The number of piperazine rings is 1. The first-order valence-corrected chi connectivity index (χ1v) is 10.7. The Kier molecular flexibility index (Phi) is 5.69. The molecule has 0 saturated carbocycles. The lowest BCUT2D eigenvalue weighted by molar-refractivity contribution is -0.0776. The predicted octanol–water partition coefficient (Wildman–Crippen LogP) is 2.05. The molecule has 0 bridgehead atoms. The van der Waals surface area contributed by atoms with Crippen molar-refractivity contribution in [3.8, 4) is 0 Å². The smallest absolute Gasteiger partial charge is 0.259 e. The van der Waals surface area contributed by atoms with Gasteiger partial charge in [-0.15, -0.1) is 0 Å². The summed E-state index contributed by atoms with van der Waals surface area (Å²) in [5.74, 6) is -0.183. The minimum Gasteiger partial charge on any atom is -0.378 e. The van der Waals surface area contributed by atoms with Gasteiger partial charge in [-0.25, -0.2) is 4.98 Å². The van der Waals surface area contributed by atoms with Crippen molar-refractivity contribution in [2.75, 3.05) is 32.8 Å². The van der Waals surface area contributed by atoms with Crippen molar-refractivity contribution < 1.29 is 9.53 Å². The van der Waals surface area contributed by atoms with Crippen molar-refractivity contribution in [2.45, 2.75) is 52.2 Å². The van der Waals surface area contributed by atoms with Gasteiger partial charge in [-0.3, -0.25) is 14.5 Å². The van der Waals surface area contributed by atoms with E-state index in [0.717, 1.165) is 31.7 Å². The molecule has 0 N–H and O–H groups in total. The van der Waals surface area contributed by atoms with Crippen LogP contribution in [0.2, 0.25) is 0 Å². The number of hydrogen-bond donors (Lipinski definition) is 0. The molecule has 1 amide bonds. The molecule has 4 heterocycles. The van der Waals surface area contributed by atoms with Crippen LogP contribution in [-0.2, 0) is 11.3 Å². The molecule has 4 rings (SSSR count). The summed E-state index contributed by atoms with van der Waals surface area (Å²) in [6.07, 6.45) is 3.92. The van der Waals surface area contributed by atoms with Crippen molar-refractivity contribution in [1.82, 2.24) is 19.4 Å². The number of aromatic nitrogens is 2. The van der Waals surface area contributed by atoms with E-state index in [1.165, 1.54) is 0 Å². The zero-order valence-electron chi connectivity index (χ0n) is 17.6. The van der Waals surface area contributed by atoms with Gasteiger partial charge in [0.25, 0.3) is 5.91 Å². The predicted molar refractivity (Wildman–Crippen MR) is 112 cm³/mol. The molecule has 2 aliphatic rings. The molecule has 2 aliphatic heterocycles. The van der Waals surface area contributed by atoms with Gasteiger partial charge in [0.1, 0.15) is 11.2 Å². The lowest BCUT2D eigenvalue weighted by Gasteiger charge is -2.48. The number of ether oxygens (including phenoxy) is 1. The van der Waals surface area contributed by atoms with Crippen LogP contribution in [0.4, 0.5) is 0 Å². The molecule has 7 nitrogen and oxygen atoms in total. The second-order valence-corrected chi connectivity index (χ2v) is 8.10. The first-order chi connectivity index (χ1) is 14.0. The molecule has 0 aromatic carbocycles. The highest BCUT2D eigenvalue weighted by atomic mass is 16.5. The van der Waals surface area contributed by atoms with Gasteiger partial charge < -0.3 is 14.2 Å². The minimum absolute atomic E-state index is 0.183. The second-order valence-electron chi connectivity index (χ2n) is 8.10. The van der Waals surface area contributed by atoms with Crippen LogP contribution in [0.5, 0.6) is 0 Å².